The Morgan fingerprint density at radius 2 is 1.18 bits per heavy atom. The molecule has 2 saturated heterocycles. The van der Waals surface area contributed by atoms with E-state index in [4.69, 9.17) is 46.0 Å². The zero-order valence-corrected chi connectivity index (χ0v) is 65.7. The Balaban J connectivity index is 0.000000211. The molecule has 3 unspecified atom stereocenters. The summed E-state index contributed by atoms with van der Waals surface area (Å²) >= 11 is 0. The molecule has 4 fully saturated rings. The second-order valence-electron chi connectivity index (χ2n) is 32.2. The number of nitrogens with one attached hydrogen (secondary N) is 1. The summed E-state index contributed by atoms with van der Waals surface area (Å²) in [5.41, 5.74) is 1.41. The highest BCUT2D eigenvalue weighted by molar-refractivity contribution is 5.94. The summed E-state index contributed by atoms with van der Waals surface area (Å²) in [5, 5.41) is 27.7. The van der Waals surface area contributed by atoms with Gasteiger partial charge in [0.15, 0.2) is 11.2 Å². The molecule has 2 saturated carbocycles. The van der Waals surface area contributed by atoms with Gasteiger partial charge in [0.1, 0.15) is 42.3 Å². The van der Waals surface area contributed by atoms with E-state index in [9.17, 15) is 29.4 Å². The van der Waals surface area contributed by atoms with Gasteiger partial charge in [-0.25, -0.2) is 0 Å². The fourth-order valence-corrected chi connectivity index (χ4v) is 22.0. The van der Waals surface area contributed by atoms with E-state index in [-0.39, 0.29) is 75.3 Å². The Bertz CT molecular complexity index is 4580. The summed E-state index contributed by atoms with van der Waals surface area (Å²) in [6.07, 6.45) is 23.9. The van der Waals surface area contributed by atoms with Gasteiger partial charge in [-0.3, -0.25) is 38.7 Å². The summed E-state index contributed by atoms with van der Waals surface area (Å²) in [6, 6.07) is 17.3. The summed E-state index contributed by atoms with van der Waals surface area (Å²) in [5.74, 6) is 17.8. The zero-order valence-electron chi connectivity index (χ0n) is 65.7. The van der Waals surface area contributed by atoms with Crippen LogP contribution in [0.25, 0.3) is 10.9 Å². The van der Waals surface area contributed by atoms with Gasteiger partial charge in [-0.1, -0.05) is 116 Å². The fourth-order valence-electron chi connectivity index (χ4n) is 22.0. The number of likely N-dealkylation sites (N-methyl/N-ethyl adjacent to an activating group) is 2. The van der Waals surface area contributed by atoms with E-state index in [0.717, 1.165) is 109 Å². The summed E-state index contributed by atoms with van der Waals surface area (Å²) in [6.45, 7) is 22.0. The van der Waals surface area contributed by atoms with E-state index in [2.05, 4.69) is 158 Å². The molecule has 0 radical (unpaired) electrons. The van der Waals surface area contributed by atoms with Crippen LogP contribution in [0.15, 0.2) is 90.6 Å². The maximum atomic E-state index is 15.4. The quantitative estimate of drug-likeness (QED) is 0.0387. The highest BCUT2D eigenvalue weighted by Crippen LogP contribution is 2.70. The number of esters is 5. The molecular weight excluding hydrogens is 1390 g/mol. The lowest BCUT2D eigenvalue weighted by molar-refractivity contribution is -0.232. The van der Waals surface area contributed by atoms with Crippen LogP contribution >= 0.6 is 0 Å². The molecule has 14 rings (SSSR count). The largest absolute Gasteiger partial charge is 0.497 e. The third kappa shape index (κ3) is 13.3. The minimum Gasteiger partial charge on any atom is -0.497 e. The predicted octanol–water partition coefficient (Wildman–Crippen LogP) is 10.2. The number of aromatic nitrogens is 1. The number of benzene rings is 3. The Labute approximate surface area is 650 Å². The average molecular weight is 1500 g/mol. The molecule has 0 amide bonds. The molecule has 8 aliphatic heterocycles. The number of carbonyl (C=O) groups is 5. The number of rotatable bonds is 17. The molecule has 10 aliphatic rings. The molecule has 20 nitrogen and oxygen atoms in total. The highest BCUT2D eigenvalue weighted by Gasteiger charge is 2.80. The molecule has 2 bridgehead atoms. The number of hydrogen-bond donors (Lipinski definition) is 3. The van der Waals surface area contributed by atoms with Crippen molar-refractivity contribution in [3.63, 3.8) is 0 Å². The van der Waals surface area contributed by atoms with Gasteiger partial charge in [-0.15, -0.1) is 12.8 Å². The summed E-state index contributed by atoms with van der Waals surface area (Å²) in [4.78, 5) is 82.8. The van der Waals surface area contributed by atoms with Crippen molar-refractivity contribution in [3.8, 4) is 71.7 Å². The Hall–Kier alpha value is -9.43. The Kier molecular flexibility index (Phi) is 23.8. The molecule has 15 atom stereocenters. The first-order chi connectivity index (χ1) is 52.2. The number of methoxy groups -OCH3 is 3. The van der Waals surface area contributed by atoms with Gasteiger partial charge >= 0.3 is 29.8 Å². The van der Waals surface area contributed by atoms with Crippen LogP contribution in [-0.4, -0.2) is 202 Å². The molecular formula is C90H110N6O14. The van der Waals surface area contributed by atoms with E-state index in [0.29, 0.717) is 43.5 Å². The number of ether oxygens (including phenoxy) is 7. The van der Waals surface area contributed by atoms with Crippen molar-refractivity contribution < 1.29 is 67.3 Å². The van der Waals surface area contributed by atoms with Crippen molar-refractivity contribution in [1.82, 2.24) is 19.7 Å². The molecule has 584 valence electrons. The van der Waals surface area contributed by atoms with E-state index in [1.807, 2.05) is 66.1 Å². The van der Waals surface area contributed by atoms with Crippen molar-refractivity contribution in [1.29, 1.82) is 0 Å². The van der Waals surface area contributed by atoms with Gasteiger partial charge in [-0.2, -0.15) is 0 Å². The smallest absolute Gasteiger partial charge is 0.322 e. The molecule has 2 aliphatic carbocycles. The maximum Gasteiger partial charge on any atom is 0.322 e. The van der Waals surface area contributed by atoms with Crippen molar-refractivity contribution in [2.45, 2.75) is 191 Å². The van der Waals surface area contributed by atoms with Gasteiger partial charge in [-0.05, 0) is 158 Å². The van der Waals surface area contributed by atoms with Gasteiger partial charge in [0.25, 0.3) is 0 Å². The number of para-hydroxylation sites is 1. The third-order valence-corrected chi connectivity index (χ3v) is 25.4. The van der Waals surface area contributed by atoms with Gasteiger partial charge in [0.2, 0.25) is 0 Å². The van der Waals surface area contributed by atoms with Crippen molar-refractivity contribution in [2.24, 2.45) is 28.6 Å². The van der Waals surface area contributed by atoms with E-state index >= 15 is 4.79 Å². The second kappa shape index (κ2) is 32.1. The van der Waals surface area contributed by atoms with Crippen molar-refractivity contribution in [3.05, 3.63) is 118 Å². The number of anilines is 2. The number of nitrogens with zero attached hydrogens (tertiary/aromatic N) is 5. The molecule has 1 aromatic heterocycles. The van der Waals surface area contributed by atoms with Crippen LogP contribution in [0.2, 0.25) is 0 Å². The second-order valence-corrected chi connectivity index (χ2v) is 32.2. The molecule has 110 heavy (non-hydrogen) atoms. The van der Waals surface area contributed by atoms with E-state index in [1.165, 1.54) is 26.5 Å². The van der Waals surface area contributed by atoms with Crippen LogP contribution in [0.5, 0.6) is 11.5 Å². The first-order valence-electron chi connectivity index (χ1n) is 38.5. The SMILES string of the molecule is C.C#CC#CC#CC#CC#C.CCC1=C[C@@H]2CN(CCc3c([nH]c4ccccc34)[C@@](C(=O)OC)(c3cc4c(cc3OC)N(C)[C@H]3[C@@](O)(COC(=O)CC(C)C)[C@H](OC(C)=O)[C@]5(CC)C=CCN6CC[C@]43C65)C2)C1.CC[C@]12C=CCN3CC[C@@]4(c5ccc(OC)cc5N(C)[C@H]4[C@@](O)(COC(=O)CC(C)C)[C@@H]1OC(C)=O)C32. The Morgan fingerprint density at radius 1 is 0.655 bits per heavy atom. The normalized spacial score (nSPS) is 31.1. The third-order valence-electron chi connectivity index (χ3n) is 25.4. The van der Waals surface area contributed by atoms with E-state index in [1.54, 1.807) is 14.2 Å². The first kappa shape index (κ1) is 81.6. The molecule has 2 spiro atoms. The molecule has 4 aromatic rings. The molecule has 3 N–H and O–H groups in total. The van der Waals surface area contributed by atoms with Crippen molar-refractivity contribution >= 4 is 52.1 Å². The number of fused-ring (bicyclic) bond motifs is 7. The van der Waals surface area contributed by atoms with Crippen LogP contribution in [0.1, 0.15) is 149 Å². The zero-order chi connectivity index (χ0) is 78.3. The molecule has 9 heterocycles. The van der Waals surface area contributed by atoms with Gasteiger partial charge in [0, 0.05) is 153 Å². The number of aliphatic hydroxyl groups is 2. The lowest BCUT2D eigenvalue weighted by atomic mass is 9.47. The monoisotopic (exact) mass is 1500 g/mol. The number of H-pyrrole nitrogens is 1. The van der Waals surface area contributed by atoms with Crippen LogP contribution in [0.4, 0.5) is 11.4 Å². The average Bonchev–Trinajstić information content (AvgIpc) is 1.48. The summed E-state index contributed by atoms with van der Waals surface area (Å²) in [7, 11) is 8.74. The van der Waals surface area contributed by atoms with Crippen molar-refractivity contribution in [2.75, 3.05) is 104 Å². The minimum absolute atomic E-state index is 0. The predicted molar refractivity (Wildman–Crippen MR) is 425 cm³/mol. The van der Waals surface area contributed by atoms with Gasteiger partial charge < -0.3 is 58.2 Å². The standard InChI is InChI=1S/C50H64N4O8.C29H40N2O6.C10H2.CH4/c1-9-32-23-33-26-49(46(57)60-8,42-35(16-20-53(27-32)28-33)34-14-11-12-15-38(34)51-42)37-24-36-39(25-40(37)59-7)52(6)44-48(36)18-21-54-19-13-17-47(10-2,43(48)54)45(62-31(5)55)50(44,58)29-61-41(56)22-30(3)4;1-7-27-11-8-13-31-14-12-28(24(27)31)21-10-9-20(35-6)16-22(21)30(5)25(28)29(34,26(27)37-19(4)32)17-36-23(33)15-18(2)3;1-3-5-7-9-10-8-6-4-2;/h11-15,17,23-25,30,33,43-45,51,58H,9-10,16,18-22,26-29H2,1-8H3;8-11,16,18,24-26,34H,7,12-15,17H2,1-6H3;1-2H;1H4/t33-,43?,44+,45+,47+,48+,49-,50-;24?,25-,26-,27-,28-,29+;;/m01../s1. The number of aromatic amines is 1. The van der Waals surface area contributed by atoms with Gasteiger partial charge in [0.05, 0.1) is 33.4 Å². The van der Waals surface area contributed by atoms with Crippen LogP contribution in [-0.2, 0) is 70.3 Å². The first-order valence-corrected chi connectivity index (χ1v) is 38.5. The number of hydrogen-bond acceptors (Lipinski definition) is 19. The van der Waals surface area contributed by atoms with Crippen LogP contribution in [0.3, 0.4) is 0 Å². The lowest BCUT2D eigenvalue weighted by Gasteiger charge is -2.64. The van der Waals surface area contributed by atoms with E-state index < -0.39 is 80.5 Å². The summed E-state index contributed by atoms with van der Waals surface area (Å²) < 4.78 is 42.4. The number of carbonyl (C=O) groups excluding carboxylic acids is 5. The Morgan fingerprint density at radius 3 is 1.67 bits per heavy atom. The van der Waals surface area contributed by atoms with Crippen LogP contribution in [0, 0.1) is 88.8 Å². The number of terminal acetylenes is 2. The maximum absolute atomic E-state index is 15.4. The molecule has 20 heteroatoms. The minimum atomic E-state index is -1.85. The highest BCUT2D eigenvalue weighted by atomic mass is 16.6. The molecule has 3 aromatic carbocycles. The topological polar surface area (TPSA) is 222 Å². The lowest BCUT2D eigenvalue weighted by Crippen LogP contribution is -2.80. The fraction of sp³-hybridized carbons (Fsp3) is 0.544. The van der Waals surface area contributed by atoms with Crippen LogP contribution < -0.4 is 19.3 Å².